The Hall–Kier alpha value is -2.70. The first-order chi connectivity index (χ1) is 9.99. The number of nitro groups is 1. The Bertz CT molecular complexity index is 679. The molecule has 0 unspecified atom stereocenters. The van der Waals surface area contributed by atoms with Crippen molar-refractivity contribution >= 4 is 11.6 Å². The summed E-state index contributed by atoms with van der Waals surface area (Å²) in [6, 6.07) is 6.24. The van der Waals surface area contributed by atoms with Crippen LogP contribution in [0.2, 0.25) is 0 Å². The van der Waals surface area contributed by atoms with Crippen LogP contribution in [0.1, 0.15) is 27.4 Å². The molecule has 1 heterocycles. The Balaban J connectivity index is 2.00. The van der Waals surface area contributed by atoms with Gasteiger partial charge in [0.15, 0.2) is 0 Å². The number of aromatic nitrogens is 1. The van der Waals surface area contributed by atoms with Gasteiger partial charge in [-0.25, -0.2) is 0 Å². The number of hydrogen-bond donors (Lipinski definition) is 1. The van der Waals surface area contributed by atoms with Gasteiger partial charge in [-0.05, 0) is 19.9 Å². The predicted molar refractivity (Wildman–Crippen MR) is 75.1 cm³/mol. The minimum atomic E-state index is -0.497. The van der Waals surface area contributed by atoms with Crippen LogP contribution in [0, 0.1) is 24.0 Å². The van der Waals surface area contributed by atoms with Crippen LogP contribution < -0.4 is 5.32 Å². The molecule has 0 aliphatic carbocycles. The number of nitrogens with zero attached hydrogens (tertiary/aromatic N) is 2. The summed E-state index contributed by atoms with van der Waals surface area (Å²) in [5.74, 6) is 0.344. The number of nitrogens with one attached hydrogen (secondary N) is 1. The Kier molecular flexibility index (Phi) is 4.32. The van der Waals surface area contributed by atoms with Crippen LogP contribution >= 0.6 is 0 Å². The molecule has 1 aromatic carbocycles. The third-order valence-corrected chi connectivity index (χ3v) is 3.08. The van der Waals surface area contributed by atoms with Crippen molar-refractivity contribution in [2.45, 2.75) is 20.3 Å². The van der Waals surface area contributed by atoms with Crippen LogP contribution in [0.15, 0.2) is 28.8 Å². The molecular formula is C14H15N3O4. The molecule has 21 heavy (non-hydrogen) atoms. The average Bonchev–Trinajstić information content (AvgIpc) is 2.84. The van der Waals surface area contributed by atoms with Crippen LogP contribution in [0.4, 0.5) is 5.69 Å². The molecule has 0 aliphatic heterocycles. The predicted octanol–water partition coefficient (Wildman–Crippen LogP) is 2.17. The molecule has 0 saturated carbocycles. The molecule has 0 bridgehead atoms. The highest BCUT2D eigenvalue weighted by atomic mass is 16.6. The summed E-state index contributed by atoms with van der Waals surface area (Å²) in [7, 11) is 0. The quantitative estimate of drug-likeness (QED) is 0.672. The van der Waals surface area contributed by atoms with Crippen molar-refractivity contribution in [3.63, 3.8) is 0 Å². The van der Waals surface area contributed by atoms with Crippen molar-refractivity contribution in [3.8, 4) is 0 Å². The number of carbonyl (C=O) groups is 1. The number of amides is 1. The van der Waals surface area contributed by atoms with Crippen molar-refractivity contribution in [1.29, 1.82) is 0 Å². The molecule has 1 aromatic heterocycles. The molecule has 0 spiro atoms. The number of benzene rings is 1. The van der Waals surface area contributed by atoms with E-state index in [9.17, 15) is 14.9 Å². The minimum Gasteiger partial charge on any atom is -0.361 e. The van der Waals surface area contributed by atoms with Gasteiger partial charge >= 0.3 is 0 Å². The maximum Gasteiger partial charge on any atom is 0.273 e. The van der Waals surface area contributed by atoms with Crippen LogP contribution in [0.5, 0.6) is 0 Å². The van der Waals surface area contributed by atoms with Gasteiger partial charge in [-0.2, -0.15) is 0 Å². The third-order valence-electron chi connectivity index (χ3n) is 3.08. The van der Waals surface area contributed by atoms with Crippen molar-refractivity contribution in [1.82, 2.24) is 10.5 Å². The summed E-state index contributed by atoms with van der Waals surface area (Å²) in [6.07, 6.45) is 0.514. The second kappa shape index (κ2) is 6.17. The van der Waals surface area contributed by atoms with Gasteiger partial charge in [0, 0.05) is 36.2 Å². The van der Waals surface area contributed by atoms with E-state index in [1.807, 2.05) is 6.92 Å². The lowest BCUT2D eigenvalue weighted by atomic mass is 10.1. The van der Waals surface area contributed by atoms with Gasteiger partial charge in [-0.1, -0.05) is 11.2 Å². The van der Waals surface area contributed by atoms with Crippen molar-refractivity contribution in [2.24, 2.45) is 0 Å². The van der Waals surface area contributed by atoms with Gasteiger partial charge < -0.3 is 9.84 Å². The van der Waals surface area contributed by atoms with Gasteiger partial charge in [0.2, 0.25) is 0 Å². The van der Waals surface area contributed by atoms with Crippen LogP contribution in [-0.2, 0) is 6.42 Å². The van der Waals surface area contributed by atoms with Gasteiger partial charge in [-0.15, -0.1) is 0 Å². The maximum absolute atomic E-state index is 12.1. The van der Waals surface area contributed by atoms with Gasteiger partial charge in [0.1, 0.15) is 5.76 Å². The van der Waals surface area contributed by atoms with Crippen LogP contribution in [-0.4, -0.2) is 22.5 Å². The third kappa shape index (κ3) is 3.44. The normalized spacial score (nSPS) is 10.4. The molecule has 0 radical (unpaired) electrons. The van der Waals surface area contributed by atoms with E-state index in [2.05, 4.69) is 10.5 Å². The van der Waals surface area contributed by atoms with E-state index in [1.165, 1.54) is 12.1 Å². The smallest absolute Gasteiger partial charge is 0.273 e. The standard InChI is InChI=1S/C14H15N3O4/c1-9-8-11(21-16-9)6-7-15-14(18)12-4-3-5-13(10(12)2)17(19)20/h3-5,8H,6-7H2,1-2H3,(H,15,18). The van der Waals surface area contributed by atoms with E-state index < -0.39 is 4.92 Å². The van der Waals surface area contributed by atoms with Gasteiger partial charge in [0.05, 0.1) is 10.6 Å². The lowest BCUT2D eigenvalue weighted by Gasteiger charge is -2.07. The van der Waals surface area contributed by atoms with E-state index in [4.69, 9.17) is 4.52 Å². The summed E-state index contributed by atoms with van der Waals surface area (Å²) < 4.78 is 5.04. The Morgan fingerprint density at radius 1 is 1.43 bits per heavy atom. The molecule has 0 aliphatic rings. The number of aryl methyl sites for hydroxylation is 1. The largest absolute Gasteiger partial charge is 0.361 e. The fourth-order valence-electron chi connectivity index (χ4n) is 2.00. The summed E-state index contributed by atoms with van der Waals surface area (Å²) in [5.41, 5.74) is 1.38. The summed E-state index contributed by atoms with van der Waals surface area (Å²) in [6.45, 7) is 3.75. The number of nitro benzene ring substituents is 1. The number of rotatable bonds is 5. The van der Waals surface area contributed by atoms with Crippen molar-refractivity contribution in [2.75, 3.05) is 6.54 Å². The SMILES string of the molecule is Cc1cc(CCNC(=O)c2cccc([N+](=O)[O-])c2C)on1. The molecule has 0 fully saturated rings. The highest BCUT2D eigenvalue weighted by Crippen LogP contribution is 2.20. The number of carbonyl (C=O) groups excluding carboxylic acids is 1. The molecular weight excluding hydrogens is 274 g/mol. The lowest BCUT2D eigenvalue weighted by Crippen LogP contribution is -2.26. The maximum atomic E-state index is 12.1. The van der Waals surface area contributed by atoms with E-state index in [0.717, 1.165) is 5.69 Å². The first-order valence-electron chi connectivity index (χ1n) is 6.43. The van der Waals surface area contributed by atoms with Crippen LogP contribution in [0.3, 0.4) is 0 Å². The van der Waals surface area contributed by atoms with Crippen molar-refractivity contribution in [3.05, 3.63) is 57.0 Å². The Morgan fingerprint density at radius 2 is 2.19 bits per heavy atom. The molecule has 7 heteroatoms. The minimum absolute atomic E-state index is 0.0616. The molecule has 2 aromatic rings. The highest BCUT2D eigenvalue weighted by Gasteiger charge is 2.17. The molecule has 1 N–H and O–H groups in total. The second-order valence-electron chi connectivity index (χ2n) is 4.65. The zero-order valence-corrected chi connectivity index (χ0v) is 11.8. The average molecular weight is 289 g/mol. The summed E-state index contributed by atoms with van der Waals surface area (Å²) in [4.78, 5) is 22.4. The zero-order chi connectivity index (χ0) is 15.4. The monoisotopic (exact) mass is 289 g/mol. The van der Waals surface area contributed by atoms with Crippen molar-refractivity contribution < 1.29 is 14.2 Å². The fourth-order valence-corrected chi connectivity index (χ4v) is 2.00. The van der Waals surface area contributed by atoms with E-state index >= 15 is 0 Å². The molecule has 2 rings (SSSR count). The lowest BCUT2D eigenvalue weighted by molar-refractivity contribution is -0.385. The van der Waals surface area contributed by atoms with Crippen LogP contribution in [0.25, 0.3) is 0 Å². The van der Waals surface area contributed by atoms with E-state index in [1.54, 1.807) is 19.1 Å². The Labute approximate surface area is 121 Å². The molecule has 110 valence electrons. The fraction of sp³-hybridized carbons (Fsp3) is 0.286. The number of hydrogen-bond acceptors (Lipinski definition) is 5. The highest BCUT2D eigenvalue weighted by molar-refractivity contribution is 5.96. The molecule has 0 saturated heterocycles. The second-order valence-corrected chi connectivity index (χ2v) is 4.65. The zero-order valence-electron chi connectivity index (χ0n) is 11.8. The van der Waals surface area contributed by atoms with E-state index in [0.29, 0.717) is 29.9 Å². The summed E-state index contributed by atoms with van der Waals surface area (Å²) in [5, 5.41) is 17.3. The van der Waals surface area contributed by atoms with E-state index in [-0.39, 0.29) is 11.6 Å². The topological polar surface area (TPSA) is 98.3 Å². The molecule has 7 nitrogen and oxygen atoms in total. The van der Waals surface area contributed by atoms with Gasteiger partial charge in [-0.3, -0.25) is 14.9 Å². The first kappa shape index (κ1) is 14.7. The first-order valence-corrected chi connectivity index (χ1v) is 6.43. The van der Waals surface area contributed by atoms with Gasteiger partial charge in [0.25, 0.3) is 11.6 Å². The summed E-state index contributed by atoms with van der Waals surface area (Å²) >= 11 is 0. The Morgan fingerprint density at radius 3 is 2.81 bits per heavy atom. The molecule has 1 amide bonds. The molecule has 0 atom stereocenters.